The first-order valence-corrected chi connectivity index (χ1v) is 11.2. The topological polar surface area (TPSA) is 43.6 Å². The van der Waals surface area contributed by atoms with E-state index in [1.807, 2.05) is 66.7 Å². The summed E-state index contributed by atoms with van der Waals surface area (Å²) in [5.41, 5.74) is 3.42. The second kappa shape index (κ2) is 7.87. The zero-order chi connectivity index (χ0) is 20.7. The van der Waals surface area contributed by atoms with Crippen LogP contribution >= 0.6 is 38.9 Å². The van der Waals surface area contributed by atoms with Crippen LogP contribution in [0.15, 0.2) is 76.0 Å². The third-order valence-electron chi connectivity index (χ3n) is 4.69. The van der Waals surface area contributed by atoms with E-state index in [9.17, 15) is 4.79 Å². The van der Waals surface area contributed by atoms with Gasteiger partial charge < -0.3 is 4.74 Å². The Balaban J connectivity index is 1.51. The molecule has 0 unspecified atom stereocenters. The standard InChI is InChI=1S/C23H14BrClN2O2S/c24-16-10-15(11-17(25)21(16)29-13-14-6-2-1-3-7-14)12-20-22(28)27-19-9-5-4-8-18(19)26-23(27)30-20/h1-12H,13H2/b20-12-. The minimum absolute atomic E-state index is 0.0830. The second-order valence-electron chi connectivity index (χ2n) is 6.72. The van der Waals surface area contributed by atoms with Crippen molar-refractivity contribution in [3.8, 4) is 5.75 Å². The number of nitrogens with zero attached hydrogens (tertiary/aromatic N) is 2. The monoisotopic (exact) mass is 496 g/mol. The summed E-state index contributed by atoms with van der Waals surface area (Å²) in [6.45, 7) is 0.419. The molecule has 3 aromatic carbocycles. The molecule has 0 bridgehead atoms. The average molecular weight is 498 g/mol. The van der Waals surface area contributed by atoms with E-state index in [4.69, 9.17) is 16.3 Å². The molecule has 0 saturated carbocycles. The van der Waals surface area contributed by atoms with Crippen LogP contribution in [0.2, 0.25) is 5.02 Å². The van der Waals surface area contributed by atoms with Gasteiger partial charge in [0.15, 0.2) is 10.7 Å². The normalized spacial score (nSPS) is 12.1. The lowest BCUT2D eigenvalue weighted by Crippen LogP contribution is -2.22. The van der Waals surface area contributed by atoms with Crippen molar-refractivity contribution in [1.29, 1.82) is 0 Å². The highest BCUT2D eigenvalue weighted by Crippen LogP contribution is 2.35. The molecule has 0 aliphatic carbocycles. The lowest BCUT2D eigenvalue weighted by molar-refractivity contribution is 0.304. The number of thiazole rings is 1. The van der Waals surface area contributed by atoms with E-state index in [2.05, 4.69) is 20.9 Å². The van der Waals surface area contributed by atoms with Crippen molar-refractivity contribution in [3.63, 3.8) is 0 Å². The van der Waals surface area contributed by atoms with Gasteiger partial charge in [-0.3, -0.25) is 4.79 Å². The van der Waals surface area contributed by atoms with Gasteiger partial charge in [-0.1, -0.05) is 65.4 Å². The third-order valence-corrected chi connectivity index (χ3v) is 6.53. The van der Waals surface area contributed by atoms with Gasteiger partial charge in [-0.15, -0.1) is 0 Å². The van der Waals surface area contributed by atoms with E-state index in [0.717, 1.165) is 26.6 Å². The number of halogens is 2. The molecule has 0 aliphatic rings. The van der Waals surface area contributed by atoms with Crippen molar-refractivity contribution in [3.05, 3.63) is 102 Å². The van der Waals surface area contributed by atoms with Gasteiger partial charge in [-0.2, -0.15) is 0 Å². The Morgan fingerprint density at radius 1 is 1.10 bits per heavy atom. The van der Waals surface area contributed by atoms with E-state index >= 15 is 0 Å². The summed E-state index contributed by atoms with van der Waals surface area (Å²) in [6, 6.07) is 21.2. The van der Waals surface area contributed by atoms with Crippen LogP contribution in [0.25, 0.3) is 22.1 Å². The van der Waals surface area contributed by atoms with Crippen LogP contribution < -0.4 is 14.8 Å². The second-order valence-corrected chi connectivity index (χ2v) is 8.99. The van der Waals surface area contributed by atoms with Crippen LogP contribution in [0, 0.1) is 0 Å². The lowest BCUT2D eigenvalue weighted by Gasteiger charge is -2.11. The Morgan fingerprint density at radius 3 is 2.67 bits per heavy atom. The Kier molecular flexibility index (Phi) is 5.06. The van der Waals surface area contributed by atoms with Crippen LogP contribution in [0.3, 0.4) is 0 Å². The molecule has 5 aromatic rings. The summed E-state index contributed by atoms with van der Waals surface area (Å²) in [6.07, 6.45) is 1.83. The summed E-state index contributed by atoms with van der Waals surface area (Å²) >= 11 is 11.4. The van der Waals surface area contributed by atoms with Crippen molar-refractivity contribution < 1.29 is 4.74 Å². The smallest absolute Gasteiger partial charge is 0.274 e. The molecule has 4 nitrogen and oxygen atoms in total. The van der Waals surface area contributed by atoms with Crippen LogP contribution in [-0.4, -0.2) is 9.38 Å². The number of imidazole rings is 1. The number of fused-ring (bicyclic) bond motifs is 3. The summed E-state index contributed by atoms with van der Waals surface area (Å²) in [4.78, 5) is 18.2. The van der Waals surface area contributed by atoms with Crippen molar-refractivity contribution in [2.24, 2.45) is 0 Å². The predicted octanol–water partition coefficient (Wildman–Crippen LogP) is 5.45. The van der Waals surface area contributed by atoms with Crippen LogP contribution in [0.5, 0.6) is 5.75 Å². The van der Waals surface area contributed by atoms with Crippen molar-refractivity contribution in [2.75, 3.05) is 0 Å². The largest absolute Gasteiger partial charge is 0.486 e. The molecule has 0 aliphatic heterocycles. The molecule has 0 atom stereocenters. The van der Waals surface area contributed by atoms with Crippen molar-refractivity contribution >= 4 is 60.9 Å². The molecule has 7 heteroatoms. The highest BCUT2D eigenvalue weighted by molar-refractivity contribution is 9.10. The highest BCUT2D eigenvalue weighted by atomic mass is 79.9. The van der Waals surface area contributed by atoms with Crippen LogP contribution in [0.4, 0.5) is 0 Å². The fraction of sp³-hybridized carbons (Fsp3) is 0.0435. The molecule has 0 amide bonds. The van der Waals surface area contributed by atoms with Crippen molar-refractivity contribution in [1.82, 2.24) is 9.38 Å². The van der Waals surface area contributed by atoms with Crippen LogP contribution in [-0.2, 0) is 6.61 Å². The highest BCUT2D eigenvalue weighted by Gasteiger charge is 2.12. The minimum Gasteiger partial charge on any atom is -0.486 e. The third kappa shape index (κ3) is 3.51. The number of hydrogen-bond donors (Lipinski definition) is 0. The number of ether oxygens (including phenoxy) is 1. The van der Waals surface area contributed by atoms with Gasteiger partial charge >= 0.3 is 0 Å². The van der Waals surface area contributed by atoms with Gasteiger partial charge in [0.1, 0.15) is 6.61 Å². The first-order valence-electron chi connectivity index (χ1n) is 9.17. The Hall–Kier alpha value is -2.67. The molecule has 5 rings (SSSR count). The predicted molar refractivity (Wildman–Crippen MR) is 126 cm³/mol. The van der Waals surface area contributed by atoms with Gasteiger partial charge in [0.05, 0.1) is 25.1 Å². The summed E-state index contributed by atoms with van der Waals surface area (Å²) in [5.74, 6) is 0.576. The maximum Gasteiger partial charge on any atom is 0.274 e. The Morgan fingerprint density at radius 2 is 1.87 bits per heavy atom. The number of benzene rings is 3. The first kappa shape index (κ1) is 19.3. The van der Waals surface area contributed by atoms with Gasteiger partial charge in [-0.25, -0.2) is 9.38 Å². The Labute approximate surface area is 189 Å². The van der Waals surface area contributed by atoms with Gasteiger partial charge in [0.2, 0.25) is 0 Å². The van der Waals surface area contributed by atoms with Gasteiger partial charge in [-0.05, 0) is 57.4 Å². The first-order chi connectivity index (χ1) is 14.6. The van der Waals surface area contributed by atoms with E-state index in [1.54, 1.807) is 10.5 Å². The molecule has 2 heterocycles. The fourth-order valence-corrected chi connectivity index (χ4v) is 5.27. The minimum atomic E-state index is -0.0830. The number of para-hydroxylation sites is 2. The van der Waals surface area contributed by atoms with E-state index < -0.39 is 0 Å². The Bertz CT molecular complexity index is 1470. The van der Waals surface area contributed by atoms with Crippen LogP contribution in [0.1, 0.15) is 11.1 Å². The molecule has 0 fully saturated rings. The quantitative estimate of drug-likeness (QED) is 0.331. The molecule has 0 saturated heterocycles. The maximum absolute atomic E-state index is 12.9. The molecular formula is C23H14BrClN2O2S. The summed E-state index contributed by atoms with van der Waals surface area (Å²) < 4.78 is 8.89. The molecule has 30 heavy (non-hydrogen) atoms. The zero-order valence-electron chi connectivity index (χ0n) is 15.5. The molecule has 148 valence electrons. The molecular weight excluding hydrogens is 484 g/mol. The average Bonchev–Trinajstić information content (AvgIpc) is 3.24. The van der Waals surface area contributed by atoms with E-state index in [0.29, 0.717) is 26.9 Å². The van der Waals surface area contributed by atoms with E-state index in [1.165, 1.54) is 11.3 Å². The maximum atomic E-state index is 12.9. The molecule has 2 aromatic heterocycles. The van der Waals surface area contributed by atoms with E-state index in [-0.39, 0.29) is 5.56 Å². The number of rotatable bonds is 4. The van der Waals surface area contributed by atoms with Gasteiger partial charge in [0, 0.05) is 0 Å². The number of aromatic nitrogens is 2. The SMILES string of the molecule is O=c1/c(=C/c2cc(Cl)c(OCc3ccccc3)c(Br)c2)sc2nc3ccccc3n12. The van der Waals surface area contributed by atoms with Crippen molar-refractivity contribution in [2.45, 2.75) is 6.61 Å². The van der Waals surface area contributed by atoms with Gasteiger partial charge in [0.25, 0.3) is 5.56 Å². The zero-order valence-corrected chi connectivity index (χ0v) is 18.7. The molecule has 0 spiro atoms. The summed E-state index contributed by atoms with van der Waals surface area (Å²) in [7, 11) is 0. The number of hydrogen-bond acceptors (Lipinski definition) is 4. The molecule has 0 N–H and O–H groups in total. The fourth-order valence-electron chi connectivity index (χ4n) is 3.29. The lowest BCUT2D eigenvalue weighted by atomic mass is 10.2. The molecule has 0 radical (unpaired) electrons. The summed E-state index contributed by atoms with van der Waals surface area (Å²) in [5, 5.41) is 0.478.